The van der Waals surface area contributed by atoms with Crippen LogP contribution in [0.1, 0.15) is 19.3 Å². The van der Waals surface area contributed by atoms with Crippen LogP contribution in [0, 0.1) is 5.92 Å². The lowest BCUT2D eigenvalue weighted by Gasteiger charge is -2.08. The first-order valence-corrected chi connectivity index (χ1v) is 7.77. The molecule has 0 spiro atoms. The summed E-state index contributed by atoms with van der Waals surface area (Å²) in [4.78, 5) is 11.8. The number of carbonyl (C=O) groups is 1. The zero-order valence-electron chi connectivity index (χ0n) is 12.8. The second-order valence-electron chi connectivity index (χ2n) is 5.55. The Labute approximate surface area is 134 Å². The van der Waals surface area contributed by atoms with Gasteiger partial charge in [0.25, 0.3) is 0 Å². The summed E-state index contributed by atoms with van der Waals surface area (Å²) < 4.78 is 7.06. The number of aromatic nitrogens is 4. The average Bonchev–Trinajstić information content (AvgIpc) is 3.22. The molecule has 0 aliphatic heterocycles. The smallest absolute Gasteiger partial charge is 0.319 e. The van der Waals surface area contributed by atoms with E-state index in [1.165, 1.54) is 19.2 Å². The Morgan fingerprint density at radius 3 is 2.83 bits per heavy atom. The largest absolute Gasteiger partial charge is 0.381 e. The van der Waals surface area contributed by atoms with Crippen LogP contribution in [0.25, 0.3) is 5.69 Å². The third-order valence-corrected chi connectivity index (χ3v) is 3.54. The minimum absolute atomic E-state index is 0.220. The van der Waals surface area contributed by atoms with Gasteiger partial charge in [0, 0.05) is 25.4 Å². The van der Waals surface area contributed by atoms with E-state index in [0.717, 1.165) is 24.6 Å². The molecular formula is C15H20N6O2. The lowest BCUT2D eigenvalue weighted by Crippen LogP contribution is -2.30. The van der Waals surface area contributed by atoms with E-state index in [2.05, 4.69) is 26.2 Å². The van der Waals surface area contributed by atoms with Crippen molar-refractivity contribution >= 4 is 11.7 Å². The number of urea groups is 1. The molecular weight excluding hydrogens is 296 g/mol. The Bertz CT molecular complexity index is 609. The van der Waals surface area contributed by atoms with Gasteiger partial charge in [0.15, 0.2) is 0 Å². The molecule has 2 aromatic rings. The number of ether oxygens (including phenoxy) is 1. The van der Waals surface area contributed by atoms with E-state index >= 15 is 0 Å². The van der Waals surface area contributed by atoms with E-state index in [1.807, 2.05) is 12.1 Å². The fraction of sp³-hybridized carbons (Fsp3) is 0.467. The highest BCUT2D eigenvalue weighted by Crippen LogP contribution is 2.28. The molecule has 8 heteroatoms. The van der Waals surface area contributed by atoms with Crippen LogP contribution in [0.15, 0.2) is 30.6 Å². The molecule has 0 saturated heterocycles. The number of amides is 2. The zero-order valence-corrected chi connectivity index (χ0v) is 12.8. The van der Waals surface area contributed by atoms with E-state index in [0.29, 0.717) is 18.8 Å². The Morgan fingerprint density at radius 2 is 2.13 bits per heavy atom. The van der Waals surface area contributed by atoms with Gasteiger partial charge < -0.3 is 15.4 Å². The molecule has 23 heavy (non-hydrogen) atoms. The minimum Gasteiger partial charge on any atom is -0.381 e. The first-order chi connectivity index (χ1) is 11.3. The minimum atomic E-state index is -0.220. The Morgan fingerprint density at radius 1 is 1.30 bits per heavy atom. The van der Waals surface area contributed by atoms with Gasteiger partial charge in [-0.2, -0.15) is 0 Å². The van der Waals surface area contributed by atoms with Crippen LogP contribution >= 0.6 is 0 Å². The van der Waals surface area contributed by atoms with Crippen LogP contribution in [0.3, 0.4) is 0 Å². The average molecular weight is 316 g/mol. The zero-order chi connectivity index (χ0) is 15.9. The maximum atomic E-state index is 11.8. The standard InChI is InChI=1S/C15H20N6O2/c22-15(16-8-1-9-23-10-12-2-3-12)18-13-4-6-14(7-5-13)21-11-17-19-20-21/h4-7,11-12H,1-3,8-10H2,(H2,16,18,22). The van der Waals surface area contributed by atoms with Crippen molar-refractivity contribution in [3.05, 3.63) is 30.6 Å². The molecule has 3 rings (SSSR count). The van der Waals surface area contributed by atoms with Crippen molar-refractivity contribution in [2.24, 2.45) is 5.92 Å². The SMILES string of the molecule is O=C(NCCCOCC1CC1)Nc1ccc(-n2cnnn2)cc1. The quantitative estimate of drug-likeness (QED) is 0.721. The molecule has 1 heterocycles. The molecule has 1 fully saturated rings. The molecule has 0 bridgehead atoms. The highest BCUT2D eigenvalue weighted by molar-refractivity contribution is 5.89. The summed E-state index contributed by atoms with van der Waals surface area (Å²) in [7, 11) is 0. The molecule has 1 aromatic heterocycles. The van der Waals surface area contributed by atoms with Crippen molar-refractivity contribution in [2.75, 3.05) is 25.1 Å². The number of hydrogen-bond acceptors (Lipinski definition) is 5. The normalized spacial score (nSPS) is 13.7. The van der Waals surface area contributed by atoms with Crippen molar-refractivity contribution < 1.29 is 9.53 Å². The molecule has 1 saturated carbocycles. The van der Waals surface area contributed by atoms with Crippen LogP contribution in [0.2, 0.25) is 0 Å². The van der Waals surface area contributed by atoms with Gasteiger partial charge in [-0.05, 0) is 59.9 Å². The van der Waals surface area contributed by atoms with Crippen molar-refractivity contribution in [1.29, 1.82) is 0 Å². The fourth-order valence-corrected chi connectivity index (χ4v) is 2.06. The molecule has 1 aliphatic carbocycles. The number of tetrazole rings is 1. The third kappa shape index (κ3) is 5.03. The Kier molecular flexibility index (Phi) is 5.15. The molecule has 2 amide bonds. The summed E-state index contributed by atoms with van der Waals surface area (Å²) in [5.74, 6) is 0.780. The van der Waals surface area contributed by atoms with Crippen LogP contribution in [-0.4, -0.2) is 46.0 Å². The summed E-state index contributed by atoms with van der Waals surface area (Å²) in [6, 6.07) is 7.04. The number of rotatable bonds is 8. The van der Waals surface area contributed by atoms with Crippen molar-refractivity contribution in [2.45, 2.75) is 19.3 Å². The number of nitrogens with zero attached hydrogens (tertiary/aromatic N) is 4. The topological polar surface area (TPSA) is 94.0 Å². The monoisotopic (exact) mass is 316 g/mol. The number of nitrogens with one attached hydrogen (secondary N) is 2. The van der Waals surface area contributed by atoms with E-state index in [-0.39, 0.29) is 6.03 Å². The maximum absolute atomic E-state index is 11.8. The Balaban J connectivity index is 1.34. The predicted octanol–water partition coefficient (Wildman–Crippen LogP) is 1.60. The molecule has 0 atom stereocenters. The number of benzene rings is 1. The van der Waals surface area contributed by atoms with Gasteiger partial charge in [0.1, 0.15) is 6.33 Å². The van der Waals surface area contributed by atoms with Gasteiger partial charge in [-0.15, -0.1) is 5.10 Å². The maximum Gasteiger partial charge on any atom is 0.319 e. The molecule has 0 radical (unpaired) electrons. The lowest BCUT2D eigenvalue weighted by atomic mass is 10.3. The number of hydrogen-bond donors (Lipinski definition) is 2. The van der Waals surface area contributed by atoms with Crippen LogP contribution < -0.4 is 10.6 Å². The van der Waals surface area contributed by atoms with E-state index in [9.17, 15) is 4.79 Å². The second kappa shape index (κ2) is 7.68. The number of anilines is 1. The highest BCUT2D eigenvalue weighted by atomic mass is 16.5. The fourth-order valence-electron chi connectivity index (χ4n) is 2.06. The summed E-state index contributed by atoms with van der Waals surface area (Å²) in [6.07, 6.45) is 4.93. The van der Waals surface area contributed by atoms with Crippen LogP contribution in [0.5, 0.6) is 0 Å². The van der Waals surface area contributed by atoms with E-state index in [4.69, 9.17) is 4.74 Å². The van der Waals surface area contributed by atoms with E-state index in [1.54, 1.807) is 16.8 Å². The van der Waals surface area contributed by atoms with Crippen molar-refractivity contribution in [3.63, 3.8) is 0 Å². The van der Waals surface area contributed by atoms with Gasteiger partial charge in [-0.3, -0.25) is 0 Å². The van der Waals surface area contributed by atoms with Gasteiger partial charge in [-0.25, -0.2) is 9.48 Å². The second-order valence-corrected chi connectivity index (χ2v) is 5.55. The highest BCUT2D eigenvalue weighted by Gasteiger charge is 2.20. The molecule has 122 valence electrons. The molecule has 1 aromatic carbocycles. The third-order valence-electron chi connectivity index (χ3n) is 3.54. The summed E-state index contributed by atoms with van der Waals surface area (Å²) in [6.45, 7) is 2.15. The van der Waals surface area contributed by atoms with Crippen LogP contribution in [0.4, 0.5) is 10.5 Å². The van der Waals surface area contributed by atoms with Crippen LogP contribution in [-0.2, 0) is 4.74 Å². The molecule has 2 N–H and O–H groups in total. The molecule has 8 nitrogen and oxygen atoms in total. The predicted molar refractivity (Wildman–Crippen MR) is 84.3 cm³/mol. The van der Waals surface area contributed by atoms with Crippen molar-refractivity contribution in [1.82, 2.24) is 25.5 Å². The molecule has 0 unspecified atom stereocenters. The van der Waals surface area contributed by atoms with Crippen molar-refractivity contribution in [3.8, 4) is 5.69 Å². The summed E-state index contributed by atoms with van der Waals surface area (Å²) >= 11 is 0. The van der Waals surface area contributed by atoms with Gasteiger partial charge in [-0.1, -0.05) is 0 Å². The summed E-state index contributed by atoms with van der Waals surface area (Å²) in [5, 5.41) is 16.6. The molecule has 1 aliphatic rings. The first kappa shape index (κ1) is 15.4. The van der Waals surface area contributed by atoms with E-state index < -0.39 is 0 Å². The Hall–Kier alpha value is -2.48. The first-order valence-electron chi connectivity index (χ1n) is 7.77. The number of carbonyl (C=O) groups excluding carboxylic acids is 1. The van der Waals surface area contributed by atoms with Gasteiger partial charge in [0.2, 0.25) is 0 Å². The lowest BCUT2D eigenvalue weighted by molar-refractivity contribution is 0.122. The van der Waals surface area contributed by atoms with Gasteiger partial charge in [0.05, 0.1) is 5.69 Å². The summed E-state index contributed by atoms with van der Waals surface area (Å²) in [5.41, 5.74) is 1.54. The van der Waals surface area contributed by atoms with Gasteiger partial charge >= 0.3 is 6.03 Å².